The molecule has 1 aliphatic rings. The number of benzene rings is 3. The lowest BCUT2D eigenvalue weighted by molar-refractivity contribution is -0.134. The van der Waals surface area contributed by atoms with Gasteiger partial charge in [-0.2, -0.15) is 0 Å². The van der Waals surface area contributed by atoms with Crippen molar-refractivity contribution in [1.29, 1.82) is 0 Å². The highest BCUT2D eigenvalue weighted by atomic mass is 16.5. The molecule has 1 aliphatic heterocycles. The molecular formula is C28H28N2O6. The van der Waals surface area contributed by atoms with E-state index in [0.29, 0.717) is 34.4 Å². The molecular weight excluding hydrogens is 460 g/mol. The number of nitrogens with one attached hydrogen (secondary N) is 1. The summed E-state index contributed by atoms with van der Waals surface area (Å²) < 4.78 is 21.7. The van der Waals surface area contributed by atoms with Gasteiger partial charge in [-0.3, -0.25) is 14.5 Å². The van der Waals surface area contributed by atoms with E-state index in [9.17, 15) is 9.59 Å². The molecule has 186 valence electrons. The third kappa shape index (κ3) is 4.57. The van der Waals surface area contributed by atoms with Crippen molar-refractivity contribution in [2.75, 3.05) is 38.7 Å². The summed E-state index contributed by atoms with van der Waals surface area (Å²) in [5.74, 6) is 1.34. The van der Waals surface area contributed by atoms with Crippen LogP contribution in [0.3, 0.4) is 0 Å². The number of ether oxygens (including phenoxy) is 4. The number of rotatable bonds is 9. The lowest BCUT2D eigenvalue weighted by Gasteiger charge is -2.49. The Morgan fingerprint density at radius 1 is 0.861 bits per heavy atom. The van der Waals surface area contributed by atoms with E-state index in [1.165, 1.54) is 26.2 Å². The third-order valence-corrected chi connectivity index (χ3v) is 6.10. The van der Waals surface area contributed by atoms with E-state index in [4.69, 9.17) is 18.9 Å². The van der Waals surface area contributed by atoms with Crippen molar-refractivity contribution >= 4 is 29.3 Å². The lowest BCUT2D eigenvalue weighted by atomic mass is 9.80. The van der Waals surface area contributed by atoms with E-state index in [2.05, 4.69) is 5.32 Å². The molecule has 1 saturated heterocycles. The minimum Gasteiger partial charge on any atom is -0.497 e. The first-order chi connectivity index (χ1) is 17.4. The number of methoxy groups -OCH3 is 4. The zero-order valence-electron chi connectivity index (χ0n) is 20.6. The van der Waals surface area contributed by atoms with Gasteiger partial charge in [-0.15, -0.1) is 0 Å². The van der Waals surface area contributed by atoms with Gasteiger partial charge >= 0.3 is 0 Å². The zero-order valence-corrected chi connectivity index (χ0v) is 20.6. The minimum atomic E-state index is -1.33. The van der Waals surface area contributed by atoms with Gasteiger partial charge in [0.25, 0.3) is 5.91 Å². The fourth-order valence-electron chi connectivity index (χ4n) is 4.17. The Morgan fingerprint density at radius 3 is 2.11 bits per heavy atom. The Balaban J connectivity index is 1.81. The van der Waals surface area contributed by atoms with Gasteiger partial charge in [0.2, 0.25) is 5.91 Å². The molecule has 3 aromatic rings. The van der Waals surface area contributed by atoms with Crippen LogP contribution >= 0.6 is 0 Å². The van der Waals surface area contributed by atoms with Crippen molar-refractivity contribution in [2.24, 2.45) is 0 Å². The SMILES string of the molecule is COc1ccc(OC)c(NC(=O)C2(C=Cc3ccccc3)CC(=O)N2c2cc(OC)ccc2OC)c1. The molecule has 1 heterocycles. The maximum atomic E-state index is 14.0. The smallest absolute Gasteiger partial charge is 0.255 e. The van der Waals surface area contributed by atoms with Gasteiger partial charge in [0.1, 0.15) is 23.0 Å². The summed E-state index contributed by atoms with van der Waals surface area (Å²) in [6.45, 7) is 0. The van der Waals surface area contributed by atoms with Crippen molar-refractivity contribution in [2.45, 2.75) is 12.0 Å². The van der Waals surface area contributed by atoms with Gasteiger partial charge in [-0.25, -0.2) is 0 Å². The van der Waals surface area contributed by atoms with Crippen molar-refractivity contribution in [3.63, 3.8) is 0 Å². The number of nitrogens with zero attached hydrogens (tertiary/aromatic N) is 1. The Labute approximate surface area is 210 Å². The average molecular weight is 489 g/mol. The van der Waals surface area contributed by atoms with E-state index in [1.54, 1.807) is 49.6 Å². The second kappa shape index (κ2) is 10.4. The van der Waals surface area contributed by atoms with Gasteiger partial charge in [0, 0.05) is 12.1 Å². The number of carbonyl (C=O) groups excluding carboxylic acids is 2. The number of hydrogen-bond acceptors (Lipinski definition) is 6. The van der Waals surface area contributed by atoms with Crippen LogP contribution in [-0.4, -0.2) is 45.8 Å². The Hall–Kier alpha value is -4.46. The molecule has 0 bridgehead atoms. The van der Waals surface area contributed by atoms with Crippen LogP contribution in [0.5, 0.6) is 23.0 Å². The molecule has 0 aliphatic carbocycles. The summed E-state index contributed by atoms with van der Waals surface area (Å²) in [5, 5.41) is 2.94. The minimum absolute atomic E-state index is 0.0329. The molecule has 0 saturated carbocycles. The van der Waals surface area contributed by atoms with Gasteiger partial charge in [0.15, 0.2) is 5.54 Å². The highest BCUT2D eigenvalue weighted by molar-refractivity contribution is 6.19. The molecule has 1 fully saturated rings. The Kier molecular flexibility index (Phi) is 7.15. The van der Waals surface area contributed by atoms with Crippen molar-refractivity contribution < 1.29 is 28.5 Å². The second-order valence-electron chi connectivity index (χ2n) is 8.13. The number of β-lactam (4-membered cyclic amide) rings is 1. The van der Waals surface area contributed by atoms with Gasteiger partial charge in [-0.1, -0.05) is 36.4 Å². The summed E-state index contributed by atoms with van der Waals surface area (Å²) in [7, 11) is 6.10. The summed E-state index contributed by atoms with van der Waals surface area (Å²) >= 11 is 0. The van der Waals surface area contributed by atoms with Gasteiger partial charge in [0.05, 0.1) is 46.2 Å². The predicted molar refractivity (Wildman–Crippen MR) is 138 cm³/mol. The lowest BCUT2D eigenvalue weighted by Crippen LogP contribution is -2.68. The van der Waals surface area contributed by atoms with Crippen molar-refractivity contribution in [3.05, 3.63) is 78.4 Å². The molecule has 4 rings (SSSR count). The number of carbonyl (C=O) groups is 2. The van der Waals surface area contributed by atoms with Crippen LogP contribution in [0, 0.1) is 0 Å². The van der Waals surface area contributed by atoms with Crippen LogP contribution in [0.25, 0.3) is 6.08 Å². The fourth-order valence-corrected chi connectivity index (χ4v) is 4.17. The maximum Gasteiger partial charge on any atom is 0.255 e. The van der Waals surface area contributed by atoms with E-state index in [0.717, 1.165) is 5.56 Å². The van der Waals surface area contributed by atoms with Crippen molar-refractivity contribution in [3.8, 4) is 23.0 Å². The number of hydrogen-bond donors (Lipinski definition) is 1. The first-order valence-electron chi connectivity index (χ1n) is 11.3. The number of anilines is 2. The highest BCUT2D eigenvalue weighted by Crippen LogP contribution is 2.45. The zero-order chi connectivity index (χ0) is 25.7. The quantitative estimate of drug-likeness (QED) is 0.445. The van der Waals surface area contributed by atoms with Crippen LogP contribution in [0.2, 0.25) is 0 Å². The Morgan fingerprint density at radius 2 is 1.50 bits per heavy atom. The maximum absolute atomic E-state index is 14.0. The summed E-state index contributed by atoms with van der Waals surface area (Å²) in [4.78, 5) is 28.5. The second-order valence-corrected chi connectivity index (χ2v) is 8.13. The van der Waals surface area contributed by atoms with Crippen LogP contribution in [0.1, 0.15) is 12.0 Å². The highest BCUT2D eigenvalue weighted by Gasteiger charge is 2.56. The van der Waals surface area contributed by atoms with E-state index in [-0.39, 0.29) is 12.3 Å². The largest absolute Gasteiger partial charge is 0.497 e. The van der Waals surface area contributed by atoms with E-state index >= 15 is 0 Å². The summed E-state index contributed by atoms with van der Waals surface area (Å²) in [6, 6.07) is 19.8. The molecule has 1 unspecified atom stereocenters. The monoisotopic (exact) mass is 488 g/mol. The van der Waals surface area contributed by atoms with E-state index < -0.39 is 11.4 Å². The Bertz CT molecular complexity index is 1290. The molecule has 0 spiro atoms. The van der Waals surface area contributed by atoms with Crippen LogP contribution in [-0.2, 0) is 9.59 Å². The standard InChI is InChI=1S/C28H28N2O6/c1-33-20-10-12-24(35-3)22(16-20)29-27(32)28(15-14-19-8-6-5-7-9-19)18-26(31)30(28)23-17-21(34-2)11-13-25(23)36-4/h5-17H,18H2,1-4H3,(H,29,32). The van der Waals surface area contributed by atoms with Gasteiger partial charge < -0.3 is 24.3 Å². The molecule has 36 heavy (non-hydrogen) atoms. The first-order valence-corrected chi connectivity index (χ1v) is 11.3. The van der Waals surface area contributed by atoms with Crippen molar-refractivity contribution in [1.82, 2.24) is 0 Å². The van der Waals surface area contributed by atoms with Crippen LogP contribution in [0.15, 0.2) is 72.8 Å². The predicted octanol–water partition coefficient (Wildman–Crippen LogP) is 4.55. The van der Waals surface area contributed by atoms with E-state index in [1.807, 2.05) is 36.4 Å². The molecule has 3 aromatic carbocycles. The third-order valence-electron chi connectivity index (χ3n) is 6.10. The summed E-state index contributed by atoms with van der Waals surface area (Å²) in [6.07, 6.45) is 3.54. The summed E-state index contributed by atoms with van der Waals surface area (Å²) in [5.41, 5.74) is 0.408. The molecule has 8 nitrogen and oxygen atoms in total. The molecule has 1 atom stereocenters. The topological polar surface area (TPSA) is 86.3 Å². The van der Waals surface area contributed by atoms with Crippen LogP contribution < -0.4 is 29.2 Å². The first kappa shape index (κ1) is 24.7. The van der Waals surface area contributed by atoms with Gasteiger partial charge in [-0.05, 0) is 35.9 Å². The average Bonchev–Trinajstić information content (AvgIpc) is 2.91. The fraction of sp³-hybridized carbons (Fsp3) is 0.214. The normalized spacial score (nSPS) is 16.9. The molecule has 0 radical (unpaired) electrons. The molecule has 0 aromatic heterocycles. The molecule has 8 heteroatoms. The molecule has 1 N–H and O–H groups in total. The van der Waals surface area contributed by atoms with Crippen LogP contribution in [0.4, 0.5) is 11.4 Å². The molecule has 2 amide bonds. The number of amides is 2.